The van der Waals surface area contributed by atoms with Gasteiger partial charge in [0, 0.05) is 5.04 Å². The van der Waals surface area contributed by atoms with Crippen molar-refractivity contribution in [2.45, 2.75) is 66.2 Å². The molecule has 1 aliphatic rings. The van der Waals surface area contributed by atoms with Gasteiger partial charge < -0.3 is 0 Å². The van der Waals surface area contributed by atoms with Crippen molar-refractivity contribution in [1.82, 2.24) is 0 Å². The maximum Gasteiger partial charge on any atom is 0.162 e. The Balaban J connectivity index is 2.25. The normalized spacial score (nSPS) is 20.3. The second kappa shape index (κ2) is 8.66. The summed E-state index contributed by atoms with van der Waals surface area (Å²) in [5.74, 6) is 0. The Labute approximate surface area is 209 Å². The molecule has 2 unspecified atom stereocenters. The maximum absolute atomic E-state index is 4.08. The Morgan fingerprint density at radius 3 is 1.76 bits per heavy atom. The Morgan fingerprint density at radius 1 is 0.618 bits per heavy atom. The average molecular weight is 480 g/mol. The van der Waals surface area contributed by atoms with Crippen molar-refractivity contribution < 1.29 is 0 Å². The van der Waals surface area contributed by atoms with Gasteiger partial charge in [0.1, 0.15) is 0 Å². The van der Waals surface area contributed by atoms with E-state index in [0.29, 0.717) is 0 Å². The number of aryl methyl sites for hydroxylation is 2. The van der Waals surface area contributed by atoms with Gasteiger partial charge in [0.2, 0.25) is 0 Å². The zero-order valence-corrected chi connectivity index (χ0v) is 24.4. The molecule has 0 amide bonds. The zero-order chi connectivity index (χ0) is 24.9. The summed E-state index contributed by atoms with van der Waals surface area (Å²) in [4.78, 5) is 0. The van der Waals surface area contributed by atoms with Crippen molar-refractivity contribution in [2.75, 3.05) is 0 Å². The van der Waals surface area contributed by atoms with Gasteiger partial charge >= 0.3 is 0 Å². The highest BCUT2D eigenvalue weighted by Crippen LogP contribution is 2.52. The minimum Gasteiger partial charge on any atom is -0.0656 e. The first-order chi connectivity index (χ1) is 15.9. The molecule has 0 heterocycles. The fourth-order valence-corrected chi connectivity index (χ4v) is 13.5. The number of hydrogen-bond acceptors (Lipinski definition) is 0. The molecule has 0 bridgehead atoms. The highest BCUT2D eigenvalue weighted by Gasteiger charge is 2.56. The van der Waals surface area contributed by atoms with Gasteiger partial charge in [-0.3, -0.25) is 0 Å². The molecule has 1 aliphatic carbocycles. The lowest BCUT2D eigenvalue weighted by molar-refractivity contribution is 0.848. The molecule has 0 spiro atoms. The number of rotatable bonds is 5. The van der Waals surface area contributed by atoms with Crippen molar-refractivity contribution in [2.24, 2.45) is 0 Å². The lowest BCUT2D eigenvalue weighted by Gasteiger charge is -2.47. The molecule has 0 saturated heterocycles. The van der Waals surface area contributed by atoms with Gasteiger partial charge in [0.05, 0.1) is 8.07 Å². The molecule has 3 aromatic rings. The smallest absolute Gasteiger partial charge is 0.0656 e. The first-order valence-electron chi connectivity index (χ1n) is 12.5. The topological polar surface area (TPSA) is 0 Å². The van der Waals surface area contributed by atoms with Crippen LogP contribution < -0.4 is 20.7 Å². The predicted molar refractivity (Wildman–Crippen MR) is 156 cm³/mol. The van der Waals surface area contributed by atoms with Crippen LogP contribution in [0.4, 0.5) is 0 Å². The molecule has 1 radical (unpaired) electrons. The number of hydrogen-bond donors (Lipinski definition) is 0. The molecule has 34 heavy (non-hydrogen) atoms. The summed E-state index contributed by atoms with van der Waals surface area (Å²) in [5, 5.41) is 5.82. The van der Waals surface area contributed by atoms with E-state index in [2.05, 4.69) is 140 Å². The summed E-state index contributed by atoms with van der Waals surface area (Å²) >= 11 is 0. The van der Waals surface area contributed by atoms with Crippen LogP contribution in [0, 0.1) is 19.9 Å². The fourth-order valence-electron chi connectivity index (χ4n) is 5.96. The molecule has 3 aromatic carbocycles. The molecule has 4 rings (SSSR count). The van der Waals surface area contributed by atoms with Gasteiger partial charge in [-0.15, -0.1) is 0 Å². The molecular weight excluding hydrogens is 441 g/mol. The van der Waals surface area contributed by atoms with E-state index in [4.69, 9.17) is 0 Å². The third-order valence-corrected chi connectivity index (χ3v) is 15.6. The van der Waals surface area contributed by atoms with Crippen LogP contribution in [0.25, 0.3) is 0 Å². The maximum atomic E-state index is 4.08. The molecule has 175 valence electrons. The van der Waals surface area contributed by atoms with Gasteiger partial charge in [-0.25, -0.2) is 0 Å². The first kappa shape index (κ1) is 24.7. The van der Waals surface area contributed by atoms with Crippen molar-refractivity contribution in [3.63, 3.8) is 0 Å². The highest BCUT2D eigenvalue weighted by molar-refractivity contribution is 7.14. The summed E-state index contributed by atoms with van der Waals surface area (Å²) in [6, 6.07) is 28.2. The van der Waals surface area contributed by atoms with Crippen LogP contribution >= 0.6 is 0 Å². The van der Waals surface area contributed by atoms with Crippen molar-refractivity contribution >= 4 is 36.9 Å². The average Bonchev–Trinajstić information content (AvgIpc) is 2.97. The number of allylic oxidation sites excluding steroid dienone is 4. The van der Waals surface area contributed by atoms with E-state index in [1.54, 1.807) is 5.19 Å². The molecule has 2 atom stereocenters. The second-order valence-electron chi connectivity index (χ2n) is 11.4. The van der Waals surface area contributed by atoms with Crippen molar-refractivity contribution in [3.8, 4) is 0 Å². The lowest BCUT2D eigenvalue weighted by atomic mass is 10.0. The minimum absolute atomic E-state index is 0.180. The summed E-state index contributed by atoms with van der Waals surface area (Å²) in [6.45, 7) is 21.3. The van der Waals surface area contributed by atoms with Crippen LogP contribution in [0.5, 0.6) is 0 Å². The summed E-state index contributed by atoms with van der Waals surface area (Å²) < 4.78 is 0. The zero-order valence-electron chi connectivity index (χ0n) is 22.4. The first-order valence-corrected chi connectivity index (χ1v) is 18.0. The second-order valence-corrected chi connectivity index (χ2v) is 20.8. The molecule has 0 fully saturated rings. The van der Waals surface area contributed by atoms with Crippen LogP contribution in [-0.2, 0) is 0 Å². The summed E-state index contributed by atoms with van der Waals surface area (Å²) in [5.41, 5.74) is 6.87. The molecule has 0 saturated carbocycles. The summed E-state index contributed by atoms with van der Waals surface area (Å²) in [6.07, 6.45) is 4.08. The monoisotopic (exact) mass is 479 g/mol. The van der Waals surface area contributed by atoms with Gasteiger partial charge in [0.15, 0.2) is 8.07 Å². The SMILES string of the molecule is CC1=[C]C(C)([Si](c2ccccc2)(c2cccc(C)c2)c2cc(C)cc([Si](C)(C)C)c2)C(C)=C1C. The van der Waals surface area contributed by atoms with Crippen LogP contribution in [0.1, 0.15) is 38.8 Å². The largest absolute Gasteiger partial charge is 0.162 e. The van der Waals surface area contributed by atoms with Crippen molar-refractivity contribution in [1.29, 1.82) is 0 Å². The molecule has 2 heteroatoms. The Kier molecular flexibility index (Phi) is 6.29. The predicted octanol–water partition coefficient (Wildman–Crippen LogP) is 6.18. The van der Waals surface area contributed by atoms with Crippen LogP contribution in [0.3, 0.4) is 0 Å². The molecule has 0 nitrogen and oxygen atoms in total. The van der Waals surface area contributed by atoms with Crippen LogP contribution in [0.15, 0.2) is 89.5 Å². The highest BCUT2D eigenvalue weighted by atomic mass is 28.3. The van der Waals surface area contributed by atoms with E-state index in [1.807, 2.05) is 0 Å². The molecular formula is C32H39Si2. The van der Waals surface area contributed by atoms with Crippen LogP contribution in [0.2, 0.25) is 24.7 Å². The Morgan fingerprint density at radius 2 is 1.21 bits per heavy atom. The van der Waals surface area contributed by atoms with E-state index in [1.165, 1.54) is 43.4 Å². The van der Waals surface area contributed by atoms with E-state index in [0.717, 1.165) is 0 Å². The molecule has 0 aromatic heterocycles. The van der Waals surface area contributed by atoms with Gasteiger partial charge in [0.25, 0.3) is 0 Å². The lowest BCUT2D eigenvalue weighted by Crippen LogP contribution is -2.73. The quantitative estimate of drug-likeness (QED) is 0.303. The third-order valence-electron chi connectivity index (χ3n) is 8.10. The van der Waals surface area contributed by atoms with E-state index in [-0.39, 0.29) is 5.04 Å². The van der Waals surface area contributed by atoms with Gasteiger partial charge in [-0.1, -0.05) is 121 Å². The van der Waals surface area contributed by atoms with Crippen molar-refractivity contribution in [3.05, 3.63) is 107 Å². The standard InChI is InChI=1S/C32H39Si2/c1-23-14-13-17-29(18-23)34(28-15-11-10-12-16-28,32(6)22-25(3)26(4)27(32)5)31-20-24(2)19-30(21-31)33(7,8)9/h10-21H,1-9H3. The summed E-state index contributed by atoms with van der Waals surface area (Å²) in [7, 11) is -4.11. The van der Waals surface area contributed by atoms with Gasteiger partial charge in [-0.05, 0) is 67.4 Å². The molecule has 0 N–H and O–H groups in total. The van der Waals surface area contributed by atoms with E-state index >= 15 is 0 Å². The van der Waals surface area contributed by atoms with Gasteiger partial charge in [-0.2, -0.15) is 0 Å². The third kappa shape index (κ3) is 3.81. The minimum atomic E-state index is -2.60. The van der Waals surface area contributed by atoms with E-state index < -0.39 is 16.1 Å². The Hall–Kier alpha value is -2.43. The molecule has 0 aliphatic heterocycles. The van der Waals surface area contributed by atoms with E-state index in [9.17, 15) is 0 Å². The number of benzene rings is 3. The fraction of sp³-hybridized carbons (Fsp3) is 0.312. The van der Waals surface area contributed by atoms with Crippen LogP contribution in [-0.4, -0.2) is 16.1 Å². The Bertz CT molecular complexity index is 1290.